The van der Waals surface area contributed by atoms with E-state index in [0.29, 0.717) is 23.6 Å². The van der Waals surface area contributed by atoms with Crippen LogP contribution in [-0.2, 0) is 6.42 Å². The molecule has 0 radical (unpaired) electrons. The van der Waals surface area contributed by atoms with E-state index in [2.05, 4.69) is 39.1 Å². The number of nitrogens with one attached hydrogen (secondary N) is 4. The minimum absolute atomic E-state index is 0.0272. The Labute approximate surface area is 131 Å². The summed E-state index contributed by atoms with van der Waals surface area (Å²) in [5.74, 6) is 0.482. The lowest BCUT2D eigenvalue weighted by atomic mass is 9.88. The molecule has 7 nitrogen and oxygen atoms in total. The van der Waals surface area contributed by atoms with Crippen molar-refractivity contribution in [2.24, 2.45) is 5.41 Å². The quantitative estimate of drug-likeness (QED) is 0.548. The van der Waals surface area contributed by atoms with Gasteiger partial charge in [-0.1, -0.05) is 13.8 Å². The van der Waals surface area contributed by atoms with Crippen molar-refractivity contribution in [1.29, 1.82) is 0 Å². The minimum Gasteiger partial charge on any atom is -0.350 e. The summed E-state index contributed by atoms with van der Waals surface area (Å²) in [7, 11) is 0. The number of carbonyl (C=O) groups excluding carboxylic acids is 1. The van der Waals surface area contributed by atoms with Crippen molar-refractivity contribution < 1.29 is 4.79 Å². The van der Waals surface area contributed by atoms with E-state index in [1.807, 2.05) is 18.2 Å². The maximum absolute atomic E-state index is 12.2. The van der Waals surface area contributed by atoms with Crippen LogP contribution in [0, 0.1) is 5.41 Å². The zero-order chi connectivity index (χ0) is 16.2. The zero-order valence-corrected chi connectivity index (χ0v) is 12.9. The van der Waals surface area contributed by atoms with E-state index < -0.39 is 0 Å². The lowest BCUT2D eigenvalue weighted by Gasteiger charge is -2.21. The Bertz CT molecular complexity index is 976. The van der Waals surface area contributed by atoms with Crippen LogP contribution in [0.15, 0.2) is 23.0 Å². The third-order valence-corrected chi connectivity index (χ3v) is 4.17. The van der Waals surface area contributed by atoms with Crippen molar-refractivity contribution in [1.82, 2.24) is 25.3 Å². The molecule has 0 atom stereocenters. The number of aromatic nitrogens is 4. The second-order valence-corrected chi connectivity index (χ2v) is 6.78. The van der Waals surface area contributed by atoms with Gasteiger partial charge in [0.15, 0.2) is 0 Å². The Morgan fingerprint density at radius 2 is 1.87 bits per heavy atom. The molecule has 7 heteroatoms. The van der Waals surface area contributed by atoms with Crippen molar-refractivity contribution >= 4 is 16.9 Å². The van der Waals surface area contributed by atoms with Crippen LogP contribution in [0.3, 0.4) is 0 Å². The lowest BCUT2D eigenvalue weighted by Crippen LogP contribution is -2.32. The van der Waals surface area contributed by atoms with Crippen molar-refractivity contribution in [3.63, 3.8) is 0 Å². The fourth-order valence-electron chi connectivity index (χ4n) is 2.99. The van der Waals surface area contributed by atoms with Crippen LogP contribution < -0.4 is 11.0 Å². The Balaban J connectivity index is 1.81. The minimum atomic E-state index is -0.242. The molecule has 0 fully saturated rings. The Kier molecular flexibility index (Phi) is 2.75. The number of imidazole rings is 2. The maximum atomic E-state index is 12.2. The molecule has 1 aliphatic rings. The van der Waals surface area contributed by atoms with Crippen molar-refractivity contribution in [3.05, 3.63) is 40.1 Å². The molecule has 3 heterocycles. The monoisotopic (exact) mass is 311 g/mol. The first-order valence-electron chi connectivity index (χ1n) is 7.51. The molecule has 1 amide bonds. The van der Waals surface area contributed by atoms with Gasteiger partial charge >= 0.3 is 5.69 Å². The Hall–Kier alpha value is -2.83. The van der Waals surface area contributed by atoms with Gasteiger partial charge in [0, 0.05) is 17.8 Å². The molecule has 3 aromatic rings. The van der Waals surface area contributed by atoms with Crippen LogP contribution in [0.5, 0.6) is 0 Å². The normalized spacial score (nSPS) is 16.9. The number of hydrogen-bond donors (Lipinski definition) is 4. The summed E-state index contributed by atoms with van der Waals surface area (Å²) in [6.07, 6.45) is 0.747. The van der Waals surface area contributed by atoms with Crippen molar-refractivity contribution in [3.8, 4) is 11.4 Å². The largest absolute Gasteiger partial charge is 0.350 e. The molecule has 0 bridgehead atoms. The third kappa shape index (κ3) is 2.34. The van der Waals surface area contributed by atoms with Crippen LogP contribution in [0.2, 0.25) is 0 Å². The highest BCUT2D eigenvalue weighted by atomic mass is 16.2. The van der Waals surface area contributed by atoms with Crippen molar-refractivity contribution in [2.75, 3.05) is 6.54 Å². The van der Waals surface area contributed by atoms with Crippen LogP contribution >= 0.6 is 0 Å². The molecular formula is C16H17N5O2. The van der Waals surface area contributed by atoms with Gasteiger partial charge in [-0.05, 0) is 30.0 Å². The van der Waals surface area contributed by atoms with Crippen LogP contribution in [0.4, 0.5) is 0 Å². The summed E-state index contributed by atoms with van der Waals surface area (Å²) in [5, 5.41) is 2.91. The third-order valence-electron chi connectivity index (χ3n) is 4.17. The molecule has 0 spiro atoms. The topological polar surface area (TPSA) is 106 Å². The molecule has 0 saturated heterocycles. The van der Waals surface area contributed by atoms with Gasteiger partial charge in [0.1, 0.15) is 11.5 Å². The fraction of sp³-hybridized carbons (Fsp3) is 0.312. The molecule has 0 unspecified atom stereocenters. The van der Waals surface area contributed by atoms with E-state index in [1.165, 1.54) is 0 Å². The van der Waals surface area contributed by atoms with E-state index in [1.54, 1.807) is 0 Å². The molecule has 118 valence electrons. The Morgan fingerprint density at radius 3 is 2.70 bits per heavy atom. The fourth-order valence-corrected chi connectivity index (χ4v) is 2.99. The van der Waals surface area contributed by atoms with Gasteiger partial charge in [0.2, 0.25) is 0 Å². The SMILES string of the molecule is CC1(C)CNC(=O)c2nc(-c3ccc4[nH]c(=O)[nH]c4c3)[nH]c2C1. The summed E-state index contributed by atoms with van der Waals surface area (Å²) in [4.78, 5) is 36.7. The van der Waals surface area contributed by atoms with E-state index in [9.17, 15) is 9.59 Å². The molecule has 0 saturated carbocycles. The van der Waals surface area contributed by atoms with E-state index in [4.69, 9.17) is 0 Å². The standard InChI is InChI=1S/C16H17N5O2/c1-16(2)6-11-12(14(22)17-7-16)21-13(18-11)8-3-4-9-10(5-8)20-15(23)19-9/h3-5H,6-7H2,1-2H3,(H,17,22)(H,18,21)(H2,19,20,23). The first-order chi connectivity index (χ1) is 10.9. The highest BCUT2D eigenvalue weighted by Crippen LogP contribution is 2.28. The van der Waals surface area contributed by atoms with Gasteiger partial charge in [0.05, 0.1) is 11.0 Å². The van der Waals surface area contributed by atoms with Crippen LogP contribution in [0.25, 0.3) is 22.4 Å². The number of aromatic amines is 3. The molecule has 1 aromatic carbocycles. The first-order valence-corrected chi connectivity index (χ1v) is 7.51. The van der Waals surface area contributed by atoms with Gasteiger partial charge in [-0.15, -0.1) is 0 Å². The number of benzene rings is 1. The summed E-state index contributed by atoms with van der Waals surface area (Å²) >= 11 is 0. The van der Waals surface area contributed by atoms with Gasteiger partial charge in [-0.2, -0.15) is 0 Å². The Morgan fingerprint density at radius 1 is 1.09 bits per heavy atom. The number of H-pyrrole nitrogens is 3. The zero-order valence-electron chi connectivity index (χ0n) is 12.9. The van der Waals surface area contributed by atoms with E-state index >= 15 is 0 Å². The molecule has 4 N–H and O–H groups in total. The number of rotatable bonds is 1. The maximum Gasteiger partial charge on any atom is 0.323 e. The molecule has 1 aliphatic heterocycles. The average Bonchev–Trinajstić information content (AvgIpc) is 3.03. The second kappa shape index (κ2) is 4.58. The number of hydrogen-bond acceptors (Lipinski definition) is 3. The second-order valence-electron chi connectivity index (χ2n) is 6.78. The smallest absolute Gasteiger partial charge is 0.323 e. The van der Waals surface area contributed by atoms with Crippen molar-refractivity contribution in [2.45, 2.75) is 20.3 Å². The lowest BCUT2D eigenvalue weighted by molar-refractivity contribution is 0.0940. The number of fused-ring (bicyclic) bond motifs is 2. The average molecular weight is 311 g/mol. The highest BCUT2D eigenvalue weighted by Gasteiger charge is 2.30. The van der Waals surface area contributed by atoms with Gasteiger partial charge in [0.25, 0.3) is 5.91 Å². The predicted octanol–water partition coefficient (Wildman–Crippen LogP) is 1.56. The predicted molar refractivity (Wildman–Crippen MR) is 86.3 cm³/mol. The van der Waals surface area contributed by atoms with Gasteiger partial charge < -0.3 is 20.3 Å². The molecule has 4 rings (SSSR count). The molecule has 0 aliphatic carbocycles. The van der Waals surface area contributed by atoms with Crippen LogP contribution in [-0.4, -0.2) is 32.4 Å². The number of amides is 1. The van der Waals surface area contributed by atoms with E-state index in [0.717, 1.165) is 23.2 Å². The highest BCUT2D eigenvalue weighted by molar-refractivity contribution is 5.94. The summed E-state index contributed by atoms with van der Waals surface area (Å²) in [5.41, 5.74) is 3.31. The van der Waals surface area contributed by atoms with E-state index in [-0.39, 0.29) is 17.0 Å². The van der Waals surface area contributed by atoms with Gasteiger partial charge in [-0.25, -0.2) is 9.78 Å². The summed E-state index contributed by atoms with van der Waals surface area (Å²) < 4.78 is 0. The summed E-state index contributed by atoms with van der Waals surface area (Å²) in [6, 6.07) is 5.53. The number of carbonyl (C=O) groups is 1. The first kappa shape index (κ1) is 13.8. The molecule has 2 aromatic heterocycles. The number of nitrogens with zero attached hydrogens (tertiary/aromatic N) is 1. The van der Waals surface area contributed by atoms with Gasteiger partial charge in [-0.3, -0.25) is 4.79 Å². The summed E-state index contributed by atoms with van der Waals surface area (Å²) in [6.45, 7) is 4.85. The molecule has 23 heavy (non-hydrogen) atoms. The van der Waals surface area contributed by atoms with Crippen LogP contribution in [0.1, 0.15) is 30.0 Å². The molecular weight excluding hydrogens is 294 g/mol.